The number of carbonyl (C=O) groups excluding carboxylic acids is 2. The van der Waals surface area contributed by atoms with Crippen molar-refractivity contribution in [2.45, 2.75) is 23.1 Å². The number of para-hydroxylation sites is 1. The fourth-order valence-electron chi connectivity index (χ4n) is 6.53. The number of aryl methyl sites for hydroxylation is 1. The van der Waals surface area contributed by atoms with Crippen LogP contribution in [0.5, 0.6) is 17.4 Å². The van der Waals surface area contributed by atoms with E-state index in [0.717, 1.165) is 27.2 Å². The lowest BCUT2D eigenvalue weighted by atomic mass is 10.1. The number of hydrogen-bond donors (Lipinski definition) is 5. The number of aromatic hydroxyl groups is 2. The second-order valence-electron chi connectivity index (χ2n) is 14.5. The highest BCUT2D eigenvalue weighted by atomic mass is 32.2. The molecule has 0 bridgehead atoms. The molecule has 0 fully saturated rings. The highest BCUT2D eigenvalue weighted by molar-refractivity contribution is 7.86. The van der Waals surface area contributed by atoms with Crippen LogP contribution in [0.1, 0.15) is 12.0 Å². The van der Waals surface area contributed by atoms with E-state index in [0.29, 0.717) is 27.2 Å². The van der Waals surface area contributed by atoms with Gasteiger partial charge in [0.05, 0.1) is 45.0 Å². The van der Waals surface area contributed by atoms with E-state index in [9.17, 15) is 49.1 Å². The normalized spacial score (nSPS) is 11.7. The van der Waals surface area contributed by atoms with Crippen LogP contribution < -0.4 is 4.74 Å². The summed E-state index contributed by atoms with van der Waals surface area (Å²) in [5.74, 6) is -1.59. The van der Waals surface area contributed by atoms with Crippen LogP contribution in [0.2, 0.25) is 0 Å². The Kier molecular flexibility index (Phi) is 19.3. The van der Waals surface area contributed by atoms with Crippen LogP contribution in [0.4, 0.5) is 33.6 Å². The zero-order valence-corrected chi connectivity index (χ0v) is 42.7. The first-order valence-electron chi connectivity index (χ1n) is 20.1. The summed E-state index contributed by atoms with van der Waals surface area (Å²) in [5, 5.41) is 52.4. The molecule has 8 aromatic rings. The standard InChI is InChI=1S/C40H31N9O12S4.CO2.2O3S/c1-22-18-32(35(61-16-5-17-63(52,53)54)20-31(22)45-48-40-42-28-7-2-3-9-36(28)62-40)46-43-29-14-13-26-25(37(29)50)12-15-30(38(26)65(58,59)60)44-47-33-21-41-49(39(33)51)34-8-4-6-23-10-11-24(19-27(23)34)64(55,56)57;2-1-3;2*1-4(2)3/h2-4,6-15,18-21,50-51H,5,16-17H2,1H3,(H,52,53,54)(H,55,56,57)(H,58,59,60);;;. The molecule has 0 aliphatic rings. The molecule has 0 radical (unpaired) electrons. The van der Waals surface area contributed by atoms with E-state index in [-0.39, 0.29) is 58.5 Å². The fourth-order valence-corrected chi connectivity index (χ4v) is 9.14. The fraction of sp³-hybridized carbons (Fsp3) is 0.0976. The quantitative estimate of drug-likeness (QED) is 0.0404. The van der Waals surface area contributed by atoms with E-state index < -0.39 is 84.4 Å². The third-order valence-corrected chi connectivity index (χ3v) is 13.1. The molecule has 0 atom stereocenters. The number of phenolic OH excluding ortho intramolecular Hbond substituents is 1. The Morgan fingerprint density at radius 2 is 1.26 bits per heavy atom. The van der Waals surface area contributed by atoms with Gasteiger partial charge in [0.2, 0.25) is 11.0 Å². The molecule has 2 aromatic heterocycles. The molecule has 0 amide bonds. The van der Waals surface area contributed by atoms with Gasteiger partial charge in [0.25, 0.3) is 30.4 Å². The molecule has 29 nitrogen and oxygen atoms in total. The predicted molar refractivity (Wildman–Crippen MR) is 262 cm³/mol. The van der Waals surface area contributed by atoms with Crippen molar-refractivity contribution >= 4 is 134 Å². The maximum absolute atomic E-state index is 12.8. The second-order valence-corrected chi connectivity index (χ2v) is 20.6. The molecule has 76 heavy (non-hydrogen) atoms. The summed E-state index contributed by atoms with van der Waals surface area (Å²) in [6.45, 7) is 1.56. The number of nitrogens with zero attached hydrogens (tertiary/aromatic N) is 9. The molecule has 0 aliphatic heterocycles. The molecule has 2 heterocycles. The molecule has 0 saturated heterocycles. The minimum absolute atomic E-state index is 0.0758. The van der Waals surface area contributed by atoms with E-state index in [2.05, 4.69) is 40.8 Å². The van der Waals surface area contributed by atoms with Crippen molar-refractivity contribution in [3.05, 3.63) is 109 Å². The summed E-state index contributed by atoms with van der Waals surface area (Å²) in [7, 11) is -20.1. The lowest BCUT2D eigenvalue weighted by Gasteiger charge is -2.11. The minimum atomic E-state index is -5.06. The van der Waals surface area contributed by atoms with Crippen molar-refractivity contribution in [3.63, 3.8) is 0 Å². The highest BCUT2D eigenvalue weighted by Gasteiger charge is 2.23. The van der Waals surface area contributed by atoms with Gasteiger partial charge >= 0.3 is 27.4 Å². The summed E-state index contributed by atoms with van der Waals surface area (Å²) in [5.41, 5.74) is 1.22. The van der Waals surface area contributed by atoms with Crippen LogP contribution in [-0.2, 0) is 61.2 Å². The summed E-state index contributed by atoms with van der Waals surface area (Å²) >= 11 is 1.33. The van der Waals surface area contributed by atoms with Gasteiger partial charge in [-0.1, -0.05) is 47.7 Å². The number of hydrogen-bond acceptors (Lipinski definition) is 26. The molecule has 5 N–H and O–H groups in total. The Balaban J connectivity index is 0.000000887. The Labute approximate surface area is 433 Å². The molecular formula is C41H31N9O20S6. The van der Waals surface area contributed by atoms with Crippen molar-refractivity contribution in [2.75, 3.05) is 12.4 Å². The van der Waals surface area contributed by atoms with E-state index in [1.165, 1.54) is 59.9 Å². The van der Waals surface area contributed by atoms with Gasteiger partial charge in [-0.15, -0.1) is 55.9 Å². The number of benzene rings is 6. The van der Waals surface area contributed by atoms with Crippen molar-refractivity contribution in [1.29, 1.82) is 0 Å². The Bertz CT molecular complexity index is 4190. The number of fused-ring (bicyclic) bond motifs is 3. The van der Waals surface area contributed by atoms with Gasteiger partial charge < -0.3 is 14.9 Å². The van der Waals surface area contributed by atoms with E-state index in [4.69, 9.17) is 39.6 Å². The van der Waals surface area contributed by atoms with E-state index in [1.54, 1.807) is 25.1 Å². The van der Waals surface area contributed by atoms with Gasteiger partial charge in [0.1, 0.15) is 27.7 Å². The number of phenols is 1. The minimum Gasteiger partial charge on any atom is -0.505 e. The van der Waals surface area contributed by atoms with Gasteiger partial charge in [-0.05, 0) is 78.9 Å². The topological polar surface area (TPSA) is 454 Å². The molecule has 0 aliphatic carbocycles. The maximum atomic E-state index is 12.8. The SMILES string of the molecule is Cc1cc(N=Nc2ccc3c(S(=O)(=O)O)c(N=Nc4cnn(-c5cccc6ccc(S(=O)(=O)O)cc56)c4O)ccc3c2O)c(OCCCS(=O)(=O)O)cc1N=Nc1nc2ccccc2s1.O=C=O.O=S(=O)=O.O=S(=O)=O. The third kappa shape index (κ3) is 15.8. The van der Waals surface area contributed by atoms with Crippen molar-refractivity contribution < 1.29 is 88.7 Å². The van der Waals surface area contributed by atoms with Gasteiger partial charge in [-0.2, -0.15) is 44.6 Å². The lowest BCUT2D eigenvalue weighted by molar-refractivity contribution is -0.191. The molecule has 0 unspecified atom stereocenters. The summed E-state index contributed by atoms with van der Waals surface area (Å²) in [6.07, 6.45) is 1.27. The van der Waals surface area contributed by atoms with Crippen LogP contribution in [-0.4, -0.2) is 108 Å². The Morgan fingerprint density at radius 1 is 0.658 bits per heavy atom. The molecular weight excluding hydrogens is 1130 g/mol. The first-order chi connectivity index (χ1) is 35.7. The smallest absolute Gasteiger partial charge is 0.425 e. The molecule has 8 rings (SSSR count). The zero-order valence-electron chi connectivity index (χ0n) is 37.8. The van der Waals surface area contributed by atoms with E-state index >= 15 is 0 Å². The van der Waals surface area contributed by atoms with E-state index in [1.807, 2.05) is 24.3 Å². The van der Waals surface area contributed by atoms with Crippen molar-refractivity contribution in [3.8, 4) is 23.1 Å². The number of azo groups is 3. The largest absolute Gasteiger partial charge is 0.505 e. The maximum Gasteiger partial charge on any atom is 0.425 e. The monoisotopic (exact) mass is 1160 g/mol. The number of thiazole rings is 1. The summed E-state index contributed by atoms with van der Waals surface area (Å²) in [6, 6.07) is 24.1. The first-order valence-corrected chi connectivity index (χ1v) is 27.4. The van der Waals surface area contributed by atoms with Gasteiger partial charge in [0, 0.05) is 22.2 Å². The molecule has 0 spiro atoms. The van der Waals surface area contributed by atoms with Crippen LogP contribution in [0, 0.1) is 6.92 Å². The lowest BCUT2D eigenvalue weighted by Crippen LogP contribution is -2.08. The molecule has 6 aromatic carbocycles. The predicted octanol–water partition coefficient (Wildman–Crippen LogP) is 7.31. The molecule has 35 heteroatoms. The third-order valence-electron chi connectivity index (χ3n) is 9.56. The Hall–Kier alpha value is -8.51. The number of ether oxygens (including phenoxy) is 1. The van der Waals surface area contributed by atoms with Gasteiger partial charge in [-0.3, -0.25) is 13.7 Å². The summed E-state index contributed by atoms with van der Waals surface area (Å²) < 4.78 is 159. The average Bonchev–Trinajstić information content (AvgIpc) is 3.93. The van der Waals surface area contributed by atoms with Crippen molar-refractivity contribution in [1.82, 2.24) is 14.8 Å². The van der Waals surface area contributed by atoms with Gasteiger partial charge in [0.15, 0.2) is 11.4 Å². The van der Waals surface area contributed by atoms with Crippen LogP contribution >= 0.6 is 11.3 Å². The number of aromatic nitrogens is 3. The van der Waals surface area contributed by atoms with Crippen LogP contribution in [0.25, 0.3) is 37.4 Å². The Morgan fingerprint density at radius 3 is 1.91 bits per heavy atom. The second kappa shape index (κ2) is 25.1. The average molecular weight is 1160 g/mol. The number of rotatable bonds is 14. The van der Waals surface area contributed by atoms with Crippen LogP contribution in [0.3, 0.4) is 0 Å². The van der Waals surface area contributed by atoms with Gasteiger partial charge in [-0.25, -0.2) is 4.98 Å². The highest BCUT2D eigenvalue weighted by Crippen LogP contribution is 2.44. The first kappa shape index (κ1) is 58.4. The molecule has 396 valence electrons. The zero-order chi connectivity index (χ0) is 56.1. The van der Waals surface area contributed by atoms with Crippen molar-refractivity contribution in [2.24, 2.45) is 30.7 Å². The summed E-state index contributed by atoms with van der Waals surface area (Å²) in [4.78, 5) is 19.6. The molecule has 0 saturated carbocycles. The van der Waals surface area contributed by atoms with Crippen LogP contribution in [0.15, 0.2) is 144 Å².